The van der Waals surface area contributed by atoms with E-state index in [0.717, 1.165) is 17.6 Å². The standard InChI is InChI=1S/C17H26OS/c1-4-10-16(11-5-1)18-14-8-3-9-15-19-17-12-6-2-7-13-17/h1,4-5,10-11,17H,2-3,6-9,12-15H2. The average molecular weight is 278 g/mol. The van der Waals surface area contributed by atoms with Crippen molar-refractivity contribution in [2.24, 2.45) is 0 Å². The predicted molar refractivity (Wildman–Crippen MR) is 85.1 cm³/mol. The molecule has 1 aliphatic rings. The first-order valence-electron chi connectivity index (χ1n) is 7.74. The zero-order valence-corrected chi connectivity index (χ0v) is 12.7. The Labute approximate surface area is 122 Å². The minimum atomic E-state index is 0.859. The van der Waals surface area contributed by atoms with Crippen molar-refractivity contribution in [3.63, 3.8) is 0 Å². The van der Waals surface area contributed by atoms with Crippen LogP contribution in [0.2, 0.25) is 0 Å². The highest BCUT2D eigenvalue weighted by Gasteiger charge is 2.12. The van der Waals surface area contributed by atoms with Gasteiger partial charge in [-0.05, 0) is 50.0 Å². The summed E-state index contributed by atoms with van der Waals surface area (Å²) in [6, 6.07) is 10.1. The molecule has 0 N–H and O–H groups in total. The third-order valence-electron chi connectivity index (χ3n) is 3.71. The van der Waals surface area contributed by atoms with E-state index in [1.165, 1.54) is 57.1 Å². The van der Waals surface area contributed by atoms with Gasteiger partial charge in [0.2, 0.25) is 0 Å². The molecule has 0 bridgehead atoms. The Hall–Kier alpha value is -0.630. The van der Waals surface area contributed by atoms with Crippen LogP contribution in [0.25, 0.3) is 0 Å². The van der Waals surface area contributed by atoms with Crippen molar-refractivity contribution in [2.75, 3.05) is 12.4 Å². The first-order valence-corrected chi connectivity index (χ1v) is 8.79. The van der Waals surface area contributed by atoms with E-state index in [1.54, 1.807) is 0 Å². The van der Waals surface area contributed by atoms with Gasteiger partial charge in [0, 0.05) is 5.25 Å². The molecule has 0 saturated heterocycles. The quantitative estimate of drug-likeness (QED) is 0.597. The smallest absolute Gasteiger partial charge is 0.119 e. The Kier molecular flexibility index (Phi) is 7.23. The summed E-state index contributed by atoms with van der Waals surface area (Å²) in [5.41, 5.74) is 0. The van der Waals surface area contributed by atoms with Gasteiger partial charge < -0.3 is 4.74 Å². The monoisotopic (exact) mass is 278 g/mol. The lowest BCUT2D eigenvalue weighted by Crippen LogP contribution is -2.08. The molecule has 1 nitrogen and oxygen atoms in total. The number of hydrogen-bond acceptors (Lipinski definition) is 2. The molecule has 0 amide bonds. The lowest BCUT2D eigenvalue weighted by molar-refractivity contribution is 0.306. The van der Waals surface area contributed by atoms with Gasteiger partial charge in [-0.15, -0.1) is 0 Å². The van der Waals surface area contributed by atoms with Gasteiger partial charge in [-0.25, -0.2) is 0 Å². The Morgan fingerprint density at radius 3 is 2.53 bits per heavy atom. The zero-order chi connectivity index (χ0) is 13.2. The molecule has 1 aliphatic carbocycles. The molecular formula is C17H26OS. The maximum atomic E-state index is 5.70. The third-order valence-corrected chi connectivity index (χ3v) is 5.17. The lowest BCUT2D eigenvalue weighted by Gasteiger charge is -2.20. The maximum absolute atomic E-state index is 5.70. The van der Waals surface area contributed by atoms with Crippen molar-refractivity contribution in [2.45, 2.75) is 56.6 Å². The number of para-hydroxylation sites is 1. The molecule has 1 aromatic carbocycles. The first kappa shape index (κ1) is 14.8. The molecule has 0 aromatic heterocycles. The number of benzene rings is 1. The number of ether oxygens (including phenoxy) is 1. The second-order valence-corrected chi connectivity index (χ2v) is 6.76. The van der Waals surface area contributed by atoms with Crippen LogP contribution in [-0.2, 0) is 0 Å². The Morgan fingerprint density at radius 2 is 1.74 bits per heavy atom. The van der Waals surface area contributed by atoms with Gasteiger partial charge in [-0.3, -0.25) is 0 Å². The molecule has 0 aliphatic heterocycles. The molecular weight excluding hydrogens is 252 g/mol. The average Bonchev–Trinajstić information content (AvgIpc) is 2.48. The van der Waals surface area contributed by atoms with Gasteiger partial charge >= 0.3 is 0 Å². The highest BCUT2D eigenvalue weighted by atomic mass is 32.2. The van der Waals surface area contributed by atoms with Crippen molar-refractivity contribution in [3.05, 3.63) is 30.3 Å². The van der Waals surface area contributed by atoms with Crippen LogP contribution in [0.15, 0.2) is 30.3 Å². The second-order valence-electron chi connectivity index (χ2n) is 5.35. The van der Waals surface area contributed by atoms with Gasteiger partial charge in [0.1, 0.15) is 5.75 Å². The van der Waals surface area contributed by atoms with Crippen LogP contribution in [-0.4, -0.2) is 17.6 Å². The van der Waals surface area contributed by atoms with E-state index in [0.29, 0.717) is 0 Å². The van der Waals surface area contributed by atoms with E-state index in [2.05, 4.69) is 11.8 Å². The number of unbranched alkanes of at least 4 members (excludes halogenated alkanes) is 2. The zero-order valence-electron chi connectivity index (χ0n) is 11.9. The fourth-order valence-electron chi connectivity index (χ4n) is 2.57. The summed E-state index contributed by atoms with van der Waals surface area (Å²) in [5.74, 6) is 2.34. The minimum absolute atomic E-state index is 0.859. The van der Waals surface area contributed by atoms with Crippen LogP contribution >= 0.6 is 11.8 Å². The summed E-state index contributed by atoms with van der Waals surface area (Å²) in [6.07, 6.45) is 11.1. The van der Waals surface area contributed by atoms with Crippen LogP contribution in [0.3, 0.4) is 0 Å². The van der Waals surface area contributed by atoms with E-state index in [1.807, 2.05) is 30.3 Å². The Morgan fingerprint density at radius 1 is 0.947 bits per heavy atom. The predicted octanol–water partition coefficient (Wildman–Crippen LogP) is 5.30. The lowest BCUT2D eigenvalue weighted by atomic mass is 10.0. The van der Waals surface area contributed by atoms with Gasteiger partial charge in [-0.1, -0.05) is 37.5 Å². The molecule has 2 heteroatoms. The van der Waals surface area contributed by atoms with Crippen molar-refractivity contribution in [1.29, 1.82) is 0 Å². The summed E-state index contributed by atoms with van der Waals surface area (Å²) >= 11 is 2.21. The van der Waals surface area contributed by atoms with Crippen molar-refractivity contribution >= 4 is 11.8 Å². The molecule has 0 spiro atoms. The highest BCUT2D eigenvalue weighted by Crippen LogP contribution is 2.28. The molecule has 1 fully saturated rings. The number of thioether (sulfide) groups is 1. The van der Waals surface area contributed by atoms with Gasteiger partial charge in [-0.2, -0.15) is 11.8 Å². The van der Waals surface area contributed by atoms with Crippen LogP contribution in [0, 0.1) is 0 Å². The van der Waals surface area contributed by atoms with E-state index in [4.69, 9.17) is 4.74 Å². The molecule has 0 heterocycles. The SMILES string of the molecule is c1ccc(OCCCCCSC2CCCCC2)cc1. The Balaban J connectivity index is 1.42. The molecule has 1 aromatic rings. The normalized spacial score (nSPS) is 16.4. The van der Waals surface area contributed by atoms with Gasteiger partial charge in [0.25, 0.3) is 0 Å². The largest absolute Gasteiger partial charge is 0.494 e. The Bertz CT molecular complexity index is 319. The third kappa shape index (κ3) is 6.38. The summed E-state index contributed by atoms with van der Waals surface area (Å²) in [4.78, 5) is 0. The van der Waals surface area contributed by atoms with Crippen LogP contribution < -0.4 is 4.74 Å². The van der Waals surface area contributed by atoms with Gasteiger partial charge in [0.05, 0.1) is 6.61 Å². The molecule has 0 atom stereocenters. The van der Waals surface area contributed by atoms with Crippen LogP contribution in [0.1, 0.15) is 51.4 Å². The first-order chi connectivity index (χ1) is 9.45. The minimum Gasteiger partial charge on any atom is -0.494 e. The summed E-state index contributed by atoms with van der Waals surface area (Å²) < 4.78 is 5.70. The molecule has 2 rings (SSSR count). The van der Waals surface area contributed by atoms with E-state index >= 15 is 0 Å². The van der Waals surface area contributed by atoms with Crippen LogP contribution in [0.5, 0.6) is 5.75 Å². The number of rotatable bonds is 8. The van der Waals surface area contributed by atoms with E-state index < -0.39 is 0 Å². The summed E-state index contributed by atoms with van der Waals surface area (Å²) in [6.45, 7) is 0.859. The molecule has 0 unspecified atom stereocenters. The summed E-state index contributed by atoms with van der Waals surface area (Å²) in [5, 5.41) is 0.967. The summed E-state index contributed by atoms with van der Waals surface area (Å²) in [7, 11) is 0. The number of hydrogen-bond donors (Lipinski definition) is 0. The molecule has 1 saturated carbocycles. The maximum Gasteiger partial charge on any atom is 0.119 e. The van der Waals surface area contributed by atoms with Crippen molar-refractivity contribution in [3.8, 4) is 5.75 Å². The second kappa shape index (κ2) is 9.30. The van der Waals surface area contributed by atoms with E-state index in [-0.39, 0.29) is 0 Å². The van der Waals surface area contributed by atoms with Crippen molar-refractivity contribution in [1.82, 2.24) is 0 Å². The molecule has 19 heavy (non-hydrogen) atoms. The molecule has 106 valence electrons. The fraction of sp³-hybridized carbons (Fsp3) is 0.647. The van der Waals surface area contributed by atoms with Gasteiger partial charge in [0.15, 0.2) is 0 Å². The van der Waals surface area contributed by atoms with Crippen molar-refractivity contribution < 1.29 is 4.74 Å². The highest BCUT2D eigenvalue weighted by molar-refractivity contribution is 7.99. The fourth-order valence-corrected chi connectivity index (χ4v) is 3.94. The van der Waals surface area contributed by atoms with E-state index in [9.17, 15) is 0 Å². The van der Waals surface area contributed by atoms with Crippen LogP contribution in [0.4, 0.5) is 0 Å². The molecule has 0 radical (unpaired) electrons. The topological polar surface area (TPSA) is 9.23 Å².